The first-order valence-electron chi connectivity index (χ1n) is 25.6. The maximum Gasteiger partial charge on any atom is 0.338 e. The van der Waals surface area contributed by atoms with Crippen LogP contribution >= 0.6 is 0 Å². The van der Waals surface area contributed by atoms with Gasteiger partial charge >= 0.3 is 23.9 Å². The van der Waals surface area contributed by atoms with Gasteiger partial charge in [-0.2, -0.15) is 0 Å². The van der Waals surface area contributed by atoms with Gasteiger partial charge in [0.1, 0.15) is 23.9 Å². The van der Waals surface area contributed by atoms with Crippen LogP contribution in [0.25, 0.3) is 0 Å². The van der Waals surface area contributed by atoms with E-state index in [0.717, 1.165) is 0 Å². The van der Waals surface area contributed by atoms with Crippen LogP contribution in [0.3, 0.4) is 0 Å². The van der Waals surface area contributed by atoms with E-state index in [1.165, 1.54) is 21.0 Å². The Balaban J connectivity index is 1.48. The molecule has 3 aromatic rings. The quantitative estimate of drug-likeness (QED) is 0.0405. The summed E-state index contributed by atoms with van der Waals surface area (Å²) in [5, 5.41) is 17.3. The smallest absolute Gasteiger partial charge is 0.338 e. The van der Waals surface area contributed by atoms with Crippen molar-refractivity contribution in [3.05, 3.63) is 119 Å². The van der Waals surface area contributed by atoms with Crippen molar-refractivity contribution in [2.45, 2.75) is 167 Å². The fraction of sp³-hybridized carbons (Fsp3) is 0.544. The van der Waals surface area contributed by atoms with Gasteiger partial charge in [0.25, 0.3) is 5.91 Å². The summed E-state index contributed by atoms with van der Waals surface area (Å²) in [5.74, 6) is -7.46. The predicted molar refractivity (Wildman–Crippen MR) is 274 cm³/mol. The number of carbonyl (C=O) groups is 6. The van der Waals surface area contributed by atoms with Gasteiger partial charge in [0.15, 0.2) is 37.7 Å². The average Bonchev–Trinajstić information content (AvgIpc) is 3.37. The normalized spacial score (nSPS) is 29.1. The van der Waals surface area contributed by atoms with E-state index < -0.39 is 127 Å². The van der Waals surface area contributed by atoms with Gasteiger partial charge in [-0.1, -0.05) is 101 Å². The predicted octanol–water partition coefficient (Wildman–Crippen LogP) is 8.17. The number of benzene rings is 3. The van der Waals surface area contributed by atoms with Gasteiger partial charge in [-0.15, -0.1) is 0 Å². The number of hydrogen-bond donors (Lipinski definition) is 2. The molecule has 0 radical (unpaired) electrons. The largest absolute Gasteiger partial charge is 0.456 e. The number of methoxy groups -OCH3 is 1. The molecule has 400 valence electrons. The van der Waals surface area contributed by atoms with Crippen LogP contribution < -0.4 is 5.32 Å². The van der Waals surface area contributed by atoms with E-state index in [1.54, 1.807) is 133 Å². The first-order valence-corrected chi connectivity index (χ1v) is 28.2. The highest BCUT2D eigenvalue weighted by Crippen LogP contribution is 2.65. The van der Waals surface area contributed by atoms with Crippen molar-refractivity contribution >= 4 is 43.9 Å². The molecule has 1 heterocycles. The minimum absolute atomic E-state index is 0.0790. The van der Waals surface area contributed by atoms with Gasteiger partial charge < -0.3 is 48.0 Å². The molecule has 16 nitrogen and oxygen atoms in total. The van der Waals surface area contributed by atoms with Gasteiger partial charge in [0.05, 0.1) is 35.6 Å². The molecule has 2 N–H and O–H groups in total. The van der Waals surface area contributed by atoms with Crippen LogP contribution in [0.1, 0.15) is 121 Å². The standard InChI is InChI=1S/C57H73NO15Si/c1-13-74(14-2,15-3)73-41-31-42-56(33-67-42,71-36(6)60)47-49(70-51(63)39-29-23-18-24-30-39)57(65)32-40(34(4)43(53(57,7)8)45(68-35(5)59)48(61)55(41,47)11)69-52(64)46(72-54(9,10)66-12)44(37-25-19-16-20-26-37)58-50(62)38-27-21-17-22-28-38/h16-30,40-42,44-47,49,65H,13-15,31-33H2,1-12H3,(H,58,62)/t40-,41-,42+,44-,45+,46+,47?,49?,55+,56-,57+/m0/s1. The van der Waals surface area contributed by atoms with E-state index in [0.29, 0.717) is 29.3 Å². The van der Waals surface area contributed by atoms with E-state index in [-0.39, 0.29) is 29.7 Å². The second kappa shape index (κ2) is 21.6. The number of Topliss-reactive ketones (excluding diaryl/α,β-unsaturated/α-hetero) is 1. The van der Waals surface area contributed by atoms with Crippen molar-refractivity contribution in [1.29, 1.82) is 0 Å². The molecule has 11 atom stereocenters. The summed E-state index contributed by atoms with van der Waals surface area (Å²) in [6, 6.07) is 26.2. The number of fused-ring (bicyclic) bond motifs is 5. The van der Waals surface area contributed by atoms with Crippen molar-refractivity contribution in [2.75, 3.05) is 13.7 Å². The zero-order chi connectivity index (χ0) is 54.2. The number of carbonyl (C=O) groups excluding carboxylic acids is 6. The Kier molecular flexibility index (Phi) is 16.4. The highest BCUT2D eigenvalue weighted by Gasteiger charge is 2.79. The lowest BCUT2D eigenvalue weighted by Gasteiger charge is -2.68. The lowest BCUT2D eigenvalue weighted by molar-refractivity contribution is -0.344. The third-order valence-corrected chi connectivity index (χ3v) is 21.3. The second-order valence-corrected chi connectivity index (χ2v) is 26.1. The molecule has 3 aliphatic carbocycles. The van der Waals surface area contributed by atoms with Crippen LogP contribution in [-0.4, -0.2) is 116 Å². The molecule has 2 bridgehead atoms. The van der Waals surface area contributed by atoms with Gasteiger partial charge in [-0.25, -0.2) is 9.59 Å². The molecule has 2 saturated carbocycles. The van der Waals surface area contributed by atoms with Crippen molar-refractivity contribution in [2.24, 2.45) is 16.7 Å². The first-order chi connectivity index (χ1) is 34.9. The van der Waals surface area contributed by atoms with E-state index in [2.05, 4.69) is 5.32 Å². The van der Waals surface area contributed by atoms with Crippen LogP contribution in [0, 0.1) is 16.7 Å². The molecular formula is C57H73NO15Si. The molecule has 3 fully saturated rings. The number of ether oxygens (including phenoxy) is 7. The molecule has 7 rings (SSSR count). The number of rotatable bonds is 18. The van der Waals surface area contributed by atoms with Crippen molar-refractivity contribution in [1.82, 2.24) is 5.32 Å². The number of aliphatic hydroxyl groups is 1. The molecule has 17 heteroatoms. The first kappa shape index (κ1) is 56.2. The molecule has 0 aromatic heterocycles. The minimum Gasteiger partial charge on any atom is -0.456 e. The molecule has 1 amide bonds. The highest BCUT2D eigenvalue weighted by molar-refractivity contribution is 6.73. The molecular weight excluding hydrogens is 967 g/mol. The second-order valence-electron chi connectivity index (χ2n) is 21.4. The lowest BCUT2D eigenvalue weighted by atomic mass is 9.44. The number of esters is 4. The summed E-state index contributed by atoms with van der Waals surface area (Å²) in [6.07, 6.45) is -8.85. The van der Waals surface area contributed by atoms with Crippen LogP contribution in [-0.2, 0) is 56.8 Å². The Morgan fingerprint density at radius 1 is 0.824 bits per heavy atom. The lowest BCUT2D eigenvalue weighted by Crippen LogP contribution is -2.82. The monoisotopic (exact) mass is 1040 g/mol. The van der Waals surface area contributed by atoms with Crippen LogP contribution in [0.15, 0.2) is 102 Å². The summed E-state index contributed by atoms with van der Waals surface area (Å²) in [6.45, 7) is 18.1. The van der Waals surface area contributed by atoms with Gasteiger partial charge in [-0.3, -0.25) is 19.2 Å². The fourth-order valence-electron chi connectivity index (χ4n) is 12.1. The molecule has 4 aliphatic rings. The maximum atomic E-state index is 16.5. The molecule has 74 heavy (non-hydrogen) atoms. The van der Waals surface area contributed by atoms with Crippen LogP contribution in [0.2, 0.25) is 18.1 Å². The number of nitrogens with one attached hydrogen (secondary N) is 1. The maximum absolute atomic E-state index is 16.5. The van der Waals surface area contributed by atoms with Gasteiger partial charge in [0, 0.05) is 44.8 Å². The topological polar surface area (TPSA) is 209 Å². The third-order valence-electron chi connectivity index (χ3n) is 16.7. The highest BCUT2D eigenvalue weighted by atomic mass is 28.4. The van der Waals surface area contributed by atoms with Crippen LogP contribution in [0.5, 0.6) is 0 Å². The van der Waals surface area contributed by atoms with Gasteiger partial charge in [0.2, 0.25) is 0 Å². The zero-order valence-corrected chi connectivity index (χ0v) is 45.7. The summed E-state index contributed by atoms with van der Waals surface area (Å²) < 4.78 is 51.8. The SMILES string of the molecule is CC[Si](CC)(CC)O[C@H]1C[C@H]2OC[C@@]2(OC(C)=O)C2C(OC(=O)c3ccccc3)[C@]3(O)C[C@H](OC(=O)[C@H](OC(C)(C)OC)[C@@H](NC(=O)c4ccccc4)c4ccccc4)C(C)=C([C@@H](OC(C)=O)C(=O)[C@@]21C)C3(C)C. The van der Waals surface area contributed by atoms with E-state index in [9.17, 15) is 24.3 Å². The Morgan fingerprint density at radius 2 is 1.39 bits per heavy atom. The van der Waals surface area contributed by atoms with Crippen molar-refractivity contribution < 1.29 is 71.5 Å². The van der Waals surface area contributed by atoms with E-state index >= 15 is 9.59 Å². The Morgan fingerprint density at radius 3 is 1.91 bits per heavy atom. The summed E-state index contributed by atoms with van der Waals surface area (Å²) >= 11 is 0. The number of amides is 1. The van der Waals surface area contributed by atoms with Crippen LogP contribution in [0.4, 0.5) is 0 Å². The van der Waals surface area contributed by atoms with Gasteiger partial charge in [-0.05, 0) is 86.8 Å². The number of hydrogen-bond acceptors (Lipinski definition) is 15. The number of ketones is 1. The Labute approximate surface area is 435 Å². The fourth-order valence-corrected chi connectivity index (χ4v) is 15.0. The van der Waals surface area contributed by atoms with Crippen molar-refractivity contribution in [3.63, 3.8) is 0 Å². The van der Waals surface area contributed by atoms with Crippen molar-refractivity contribution in [3.8, 4) is 0 Å². The molecule has 1 aliphatic heterocycles. The average molecular weight is 1040 g/mol. The van der Waals surface area contributed by atoms with E-state index in [4.69, 9.17) is 37.6 Å². The summed E-state index contributed by atoms with van der Waals surface area (Å²) in [5.41, 5.74) is -6.26. The summed E-state index contributed by atoms with van der Waals surface area (Å²) in [4.78, 5) is 87.9. The molecule has 2 unspecified atom stereocenters. The zero-order valence-electron chi connectivity index (χ0n) is 44.7. The molecule has 1 saturated heterocycles. The Bertz CT molecular complexity index is 2590. The van der Waals surface area contributed by atoms with E-state index in [1.807, 2.05) is 20.8 Å². The Hall–Kier alpha value is -5.56. The molecule has 0 spiro atoms. The third kappa shape index (κ3) is 10.1. The minimum atomic E-state index is -2.65. The molecule has 3 aromatic carbocycles. The summed E-state index contributed by atoms with van der Waals surface area (Å²) in [7, 11) is -1.26.